The molecule has 5 rings (SSSR count). The lowest BCUT2D eigenvalue weighted by Crippen LogP contribution is -2.40. The van der Waals surface area contributed by atoms with Gasteiger partial charge in [-0.25, -0.2) is 0 Å². The summed E-state index contributed by atoms with van der Waals surface area (Å²) in [5, 5.41) is 1.20. The zero-order chi connectivity index (χ0) is 23.3. The van der Waals surface area contributed by atoms with Gasteiger partial charge in [0.25, 0.3) is 5.91 Å². The number of amides is 2. The Kier molecular flexibility index (Phi) is 6.74. The van der Waals surface area contributed by atoms with E-state index in [0.29, 0.717) is 36.8 Å². The Morgan fingerprint density at radius 3 is 2.85 bits per heavy atom. The first-order chi connectivity index (χ1) is 16.7. The normalized spacial score (nSPS) is 18.5. The summed E-state index contributed by atoms with van der Waals surface area (Å²) in [6.07, 6.45) is 6.48. The molecule has 176 valence electrons. The smallest absolute Gasteiger partial charge is 0.253 e. The fourth-order valence-electron chi connectivity index (χ4n) is 5.19. The fourth-order valence-corrected chi connectivity index (χ4v) is 5.19. The Bertz CT molecular complexity index is 1170. The summed E-state index contributed by atoms with van der Waals surface area (Å²) in [7, 11) is 0. The van der Waals surface area contributed by atoms with Crippen molar-refractivity contribution in [1.82, 2.24) is 14.8 Å². The van der Waals surface area contributed by atoms with Crippen LogP contribution in [0.2, 0.25) is 0 Å². The molecule has 2 amide bonds. The van der Waals surface area contributed by atoms with Gasteiger partial charge in [0.15, 0.2) is 0 Å². The van der Waals surface area contributed by atoms with Gasteiger partial charge >= 0.3 is 0 Å². The third-order valence-corrected chi connectivity index (χ3v) is 6.93. The van der Waals surface area contributed by atoms with Crippen molar-refractivity contribution in [2.45, 2.75) is 32.1 Å². The molecule has 3 aromatic rings. The molecule has 1 atom stereocenters. The fraction of sp³-hybridized carbons (Fsp3) is 0.393. The number of carbonyl (C=O) groups is 2. The van der Waals surface area contributed by atoms with Gasteiger partial charge < -0.3 is 14.5 Å². The largest absolute Gasteiger partial charge is 0.492 e. The lowest BCUT2D eigenvalue weighted by molar-refractivity contribution is -0.128. The van der Waals surface area contributed by atoms with Crippen LogP contribution in [0.5, 0.6) is 5.75 Å². The molecule has 0 N–H and O–H groups in total. The van der Waals surface area contributed by atoms with Crippen molar-refractivity contribution < 1.29 is 14.3 Å². The van der Waals surface area contributed by atoms with Crippen LogP contribution in [-0.2, 0) is 11.2 Å². The molecule has 0 saturated carbocycles. The van der Waals surface area contributed by atoms with Crippen LogP contribution >= 0.6 is 0 Å². The molecule has 0 radical (unpaired) electrons. The standard InChI is InChI=1S/C28H31N3O3/c32-27-12-5-14-30(27)16-17-34-24-9-1-8-23(19-24)28(33)31-15-4-6-21(20-31)18-22-7-2-11-26-25(22)10-3-13-29-26/h1-3,7-11,13,19,21H,4-6,12,14-18,20H2/t21-/m0/s1. The predicted molar refractivity (Wildman–Crippen MR) is 132 cm³/mol. The van der Waals surface area contributed by atoms with E-state index >= 15 is 0 Å². The number of rotatable bonds is 7. The number of hydrogen-bond donors (Lipinski definition) is 0. The van der Waals surface area contributed by atoms with E-state index in [2.05, 4.69) is 23.2 Å². The third kappa shape index (κ3) is 5.06. The van der Waals surface area contributed by atoms with Crippen molar-refractivity contribution in [1.29, 1.82) is 0 Å². The molecule has 1 aromatic heterocycles. The molecular weight excluding hydrogens is 426 g/mol. The van der Waals surface area contributed by atoms with E-state index in [4.69, 9.17) is 4.74 Å². The van der Waals surface area contributed by atoms with Crippen LogP contribution in [0.25, 0.3) is 10.9 Å². The van der Waals surface area contributed by atoms with Crippen molar-refractivity contribution >= 4 is 22.7 Å². The maximum atomic E-state index is 13.3. The molecule has 6 nitrogen and oxygen atoms in total. The first kappa shape index (κ1) is 22.4. The van der Waals surface area contributed by atoms with Crippen LogP contribution in [0.4, 0.5) is 0 Å². The monoisotopic (exact) mass is 457 g/mol. The van der Waals surface area contributed by atoms with E-state index in [1.54, 1.807) is 0 Å². The summed E-state index contributed by atoms with van der Waals surface area (Å²) in [5.74, 6) is 1.37. The van der Waals surface area contributed by atoms with Crippen molar-refractivity contribution in [3.63, 3.8) is 0 Å². The number of ether oxygens (including phenoxy) is 1. The maximum absolute atomic E-state index is 13.3. The van der Waals surface area contributed by atoms with Gasteiger partial charge in [0.2, 0.25) is 5.91 Å². The van der Waals surface area contributed by atoms with Gasteiger partial charge in [0.1, 0.15) is 12.4 Å². The minimum Gasteiger partial charge on any atom is -0.492 e. The molecule has 2 saturated heterocycles. The van der Waals surface area contributed by atoms with Crippen molar-refractivity contribution in [3.8, 4) is 5.75 Å². The van der Waals surface area contributed by atoms with Crippen molar-refractivity contribution in [2.24, 2.45) is 5.92 Å². The molecular formula is C28H31N3O3. The van der Waals surface area contributed by atoms with Gasteiger partial charge in [-0.2, -0.15) is 0 Å². The van der Waals surface area contributed by atoms with Crippen molar-refractivity contribution in [2.75, 3.05) is 32.8 Å². The van der Waals surface area contributed by atoms with Crippen LogP contribution < -0.4 is 4.74 Å². The molecule has 2 aromatic carbocycles. The maximum Gasteiger partial charge on any atom is 0.253 e. The van der Waals surface area contributed by atoms with E-state index < -0.39 is 0 Å². The van der Waals surface area contributed by atoms with Gasteiger partial charge in [-0.1, -0.05) is 24.3 Å². The Morgan fingerprint density at radius 1 is 1.06 bits per heavy atom. The minimum absolute atomic E-state index is 0.0597. The predicted octanol–water partition coefficient (Wildman–Crippen LogP) is 4.33. The average Bonchev–Trinajstić information content (AvgIpc) is 3.29. The summed E-state index contributed by atoms with van der Waals surface area (Å²) >= 11 is 0. The summed E-state index contributed by atoms with van der Waals surface area (Å²) in [5.41, 5.74) is 2.98. The second kappa shape index (κ2) is 10.2. The van der Waals surface area contributed by atoms with E-state index in [1.165, 1.54) is 10.9 Å². The first-order valence-electron chi connectivity index (χ1n) is 12.3. The third-order valence-electron chi connectivity index (χ3n) is 6.93. The summed E-state index contributed by atoms with van der Waals surface area (Å²) in [4.78, 5) is 33.4. The quantitative estimate of drug-likeness (QED) is 0.530. The number of likely N-dealkylation sites (tertiary alicyclic amines) is 2. The van der Waals surface area contributed by atoms with Gasteiger partial charge in [0, 0.05) is 43.2 Å². The van der Waals surface area contributed by atoms with E-state index in [-0.39, 0.29) is 11.8 Å². The van der Waals surface area contributed by atoms with E-state index in [1.807, 2.05) is 52.4 Å². The number of nitrogens with zero attached hydrogens (tertiary/aromatic N) is 3. The number of carbonyl (C=O) groups excluding carboxylic acids is 2. The molecule has 34 heavy (non-hydrogen) atoms. The molecule has 0 unspecified atom stereocenters. The zero-order valence-electron chi connectivity index (χ0n) is 19.5. The zero-order valence-corrected chi connectivity index (χ0v) is 19.5. The highest BCUT2D eigenvalue weighted by Gasteiger charge is 2.25. The lowest BCUT2D eigenvalue weighted by atomic mass is 9.89. The molecule has 2 fully saturated rings. The number of fused-ring (bicyclic) bond motifs is 1. The van der Waals surface area contributed by atoms with Crippen LogP contribution in [0, 0.1) is 5.92 Å². The van der Waals surface area contributed by atoms with Crippen LogP contribution in [0.1, 0.15) is 41.6 Å². The minimum atomic E-state index is 0.0597. The highest BCUT2D eigenvalue weighted by atomic mass is 16.5. The molecule has 0 spiro atoms. The summed E-state index contributed by atoms with van der Waals surface area (Å²) in [6, 6.07) is 17.9. The van der Waals surface area contributed by atoms with E-state index in [0.717, 1.165) is 50.8 Å². The summed E-state index contributed by atoms with van der Waals surface area (Å²) < 4.78 is 5.86. The van der Waals surface area contributed by atoms with E-state index in [9.17, 15) is 9.59 Å². The number of benzene rings is 2. The number of pyridine rings is 1. The van der Waals surface area contributed by atoms with Crippen LogP contribution in [0.15, 0.2) is 60.8 Å². The van der Waals surface area contributed by atoms with Gasteiger partial charge in [-0.15, -0.1) is 0 Å². The Hall–Kier alpha value is -3.41. The number of aromatic nitrogens is 1. The first-order valence-corrected chi connectivity index (χ1v) is 12.3. The number of hydrogen-bond acceptors (Lipinski definition) is 4. The molecule has 2 aliphatic heterocycles. The van der Waals surface area contributed by atoms with Crippen molar-refractivity contribution in [3.05, 3.63) is 71.9 Å². The molecule has 0 aliphatic carbocycles. The molecule has 2 aliphatic rings. The molecule has 0 bridgehead atoms. The second-order valence-corrected chi connectivity index (χ2v) is 9.31. The Balaban J connectivity index is 1.20. The van der Waals surface area contributed by atoms with Crippen LogP contribution in [-0.4, -0.2) is 59.4 Å². The Morgan fingerprint density at radius 2 is 1.97 bits per heavy atom. The Labute approximate surface area is 200 Å². The average molecular weight is 458 g/mol. The highest BCUT2D eigenvalue weighted by Crippen LogP contribution is 2.26. The van der Waals surface area contributed by atoms with Gasteiger partial charge in [0.05, 0.1) is 12.1 Å². The topological polar surface area (TPSA) is 62.7 Å². The van der Waals surface area contributed by atoms with Crippen LogP contribution in [0.3, 0.4) is 0 Å². The molecule has 6 heteroatoms. The van der Waals surface area contributed by atoms with Gasteiger partial charge in [-0.3, -0.25) is 14.6 Å². The SMILES string of the molecule is O=C1CCCN1CCOc1cccc(C(=O)N2CCC[C@@H](Cc3cccc4ncccc34)C2)c1. The summed E-state index contributed by atoms with van der Waals surface area (Å²) in [6.45, 7) is 3.39. The second-order valence-electron chi connectivity index (χ2n) is 9.31. The highest BCUT2D eigenvalue weighted by molar-refractivity contribution is 5.94. The number of piperidine rings is 1. The molecule has 3 heterocycles. The lowest BCUT2D eigenvalue weighted by Gasteiger charge is -2.33. The van der Waals surface area contributed by atoms with Gasteiger partial charge in [-0.05, 0) is 67.5 Å².